The molecule has 0 heterocycles. The minimum Gasteiger partial charge on any atom is -0.466 e. The summed E-state index contributed by atoms with van der Waals surface area (Å²) in [6.45, 7) is 9.20. The van der Waals surface area contributed by atoms with Gasteiger partial charge in [0.1, 0.15) is 0 Å². The molecule has 4 aliphatic rings. The third-order valence-electron chi connectivity index (χ3n) is 11.0. The summed E-state index contributed by atoms with van der Waals surface area (Å²) in [5.41, 5.74) is -3.33. The van der Waals surface area contributed by atoms with E-state index in [0.29, 0.717) is 50.5 Å². The maximum absolute atomic E-state index is 13.3. The predicted molar refractivity (Wildman–Crippen MR) is 136 cm³/mol. The lowest BCUT2D eigenvalue weighted by Gasteiger charge is -2.60. The average Bonchev–Trinajstić information content (AvgIpc) is 3.10. The van der Waals surface area contributed by atoms with Gasteiger partial charge in [0.15, 0.2) is 5.78 Å². The molecular formula is C29H46O8. The number of hydrogen-bond donors (Lipinski definition) is 5. The molecule has 4 aliphatic carbocycles. The quantitative estimate of drug-likeness (QED) is 0.320. The largest absolute Gasteiger partial charge is 0.466 e. The minimum atomic E-state index is -1.45. The number of ketones is 1. The average molecular weight is 523 g/mol. The standard InChI is InChI=1S/C29H46O8/c1-16(15-37-17(2)30)6-7-25(34)28(5,35)24-9-11-29(36)19-12-21(31)20-13-22(32)23(33)14-26(20,3)18(19)8-10-27(24,29)4/h12,16,18,20,22-25,32-36H,6-11,13-15H2,1-5H3/t16?,18-,20-,22+,23-,24-,25+,26+,27+,28+,29+/m0/s1. The van der Waals surface area contributed by atoms with E-state index in [1.165, 1.54) is 6.92 Å². The Hall–Kier alpha value is -1.32. The zero-order valence-electron chi connectivity index (χ0n) is 22.9. The molecule has 11 atom stereocenters. The summed E-state index contributed by atoms with van der Waals surface area (Å²) in [5.74, 6) is -1.27. The zero-order chi connectivity index (χ0) is 27.6. The van der Waals surface area contributed by atoms with E-state index in [1.807, 2.05) is 20.8 Å². The van der Waals surface area contributed by atoms with Crippen molar-refractivity contribution in [2.75, 3.05) is 6.61 Å². The van der Waals surface area contributed by atoms with Gasteiger partial charge in [0.25, 0.3) is 0 Å². The van der Waals surface area contributed by atoms with Gasteiger partial charge in [-0.3, -0.25) is 9.59 Å². The smallest absolute Gasteiger partial charge is 0.302 e. The van der Waals surface area contributed by atoms with Crippen molar-refractivity contribution in [3.05, 3.63) is 11.6 Å². The van der Waals surface area contributed by atoms with Crippen LogP contribution in [0.25, 0.3) is 0 Å². The molecule has 8 nitrogen and oxygen atoms in total. The van der Waals surface area contributed by atoms with E-state index in [1.54, 1.807) is 13.0 Å². The zero-order valence-corrected chi connectivity index (χ0v) is 22.9. The molecule has 37 heavy (non-hydrogen) atoms. The van der Waals surface area contributed by atoms with E-state index in [9.17, 15) is 35.1 Å². The first-order chi connectivity index (χ1) is 17.1. The Balaban J connectivity index is 1.56. The summed E-state index contributed by atoms with van der Waals surface area (Å²) in [5, 5.41) is 55.8. The molecule has 0 aromatic heterocycles. The second-order valence-electron chi connectivity index (χ2n) is 13.3. The molecule has 0 bridgehead atoms. The maximum atomic E-state index is 13.3. The summed E-state index contributed by atoms with van der Waals surface area (Å²) < 4.78 is 5.06. The van der Waals surface area contributed by atoms with Gasteiger partial charge in [-0.05, 0) is 93.1 Å². The highest BCUT2D eigenvalue weighted by Gasteiger charge is 2.69. The van der Waals surface area contributed by atoms with E-state index in [0.717, 1.165) is 0 Å². The first-order valence-electron chi connectivity index (χ1n) is 14.0. The predicted octanol–water partition coefficient (Wildman–Crippen LogP) is 2.28. The SMILES string of the molecule is CC(=O)OCC(C)CC[C@@H](O)[C@](C)(O)[C@H]1CC[C@@]2(O)C3=CC(=O)[C@@H]4C[C@@H](O)[C@@H](O)C[C@]4(C)[C@H]3CC[C@]12C. The monoisotopic (exact) mass is 522 g/mol. The number of hydrogen-bond acceptors (Lipinski definition) is 8. The third-order valence-corrected chi connectivity index (χ3v) is 11.0. The van der Waals surface area contributed by atoms with Crippen molar-refractivity contribution in [1.82, 2.24) is 0 Å². The Bertz CT molecular complexity index is 944. The number of esters is 1. The number of fused-ring (bicyclic) bond motifs is 5. The highest BCUT2D eigenvalue weighted by molar-refractivity contribution is 5.95. The van der Waals surface area contributed by atoms with Gasteiger partial charge in [0.05, 0.1) is 36.1 Å². The topological polar surface area (TPSA) is 145 Å². The second kappa shape index (κ2) is 9.70. The number of aliphatic hydroxyl groups is 5. The lowest BCUT2D eigenvalue weighted by molar-refractivity contribution is -0.176. The first-order valence-corrected chi connectivity index (χ1v) is 14.0. The second-order valence-corrected chi connectivity index (χ2v) is 13.3. The molecule has 5 N–H and O–H groups in total. The lowest BCUT2D eigenvalue weighted by Crippen LogP contribution is -2.62. The van der Waals surface area contributed by atoms with Crippen molar-refractivity contribution >= 4 is 11.8 Å². The van der Waals surface area contributed by atoms with E-state index < -0.39 is 40.3 Å². The fourth-order valence-electron chi connectivity index (χ4n) is 8.62. The van der Waals surface area contributed by atoms with Gasteiger partial charge < -0.3 is 30.3 Å². The normalized spacial score (nSPS) is 44.5. The van der Waals surface area contributed by atoms with Gasteiger partial charge in [-0.15, -0.1) is 0 Å². The number of allylic oxidation sites excluding steroid dienone is 1. The number of carbonyl (C=O) groups is 2. The van der Waals surface area contributed by atoms with Crippen LogP contribution in [-0.4, -0.2) is 73.4 Å². The summed E-state index contributed by atoms with van der Waals surface area (Å²) in [4.78, 5) is 24.4. The van der Waals surface area contributed by atoms with Crippen LogP contribution in [0.2, 0.25) is 0 Å². The minimum absolute atomic E-state index is 0.0392. The van der Waals surface area contributed by atoms with Gasteiger partial charge in [0.2, 0.25) is 0 Å². The van der Waals surface area contributed by atoms with Gasteiger partial charge in [-0.25, -0.2) is 0 Å². The maximum Gasteiger partial charge on any atom is 0.302 e. The Labute approximate surface area is 220 Å². The molecule has 3 saturated carbocycles. The Morgan fingerprint density at radius 3 is 2.49 bits per heavy atom. The Morgan fingerprint density at radius 1 is 1.16 bits per heavy atom. The van der Waals surface area contributed by atoms with Crippen molar-refractivity contribution in [2.24, 2.45) is 34.5 Å². The van der Waals surface area contributed by atoms with Crippen LogP contribution < -0.4 is 0 Å². The van der Waals surface area contributed by atoms with Crippen LogP contribution in [0.4, 0.5) is 0 Å². The van der Waals surface area contributed by atoms with Crippen LogP contribution in [0.5, 0.6) is 0 Å². The number of aliphatic hydroxyl groups excluding tert-OH is 3. The Morgan fingerprint density at radius 2 is 1.84 bits per heavy atom. The van der Waals surface area contributed by atoms with Crippen molar-refractivity contribution < 1.29 is 39.9 Å². The van der Waals surface area contributed by atoms with Gasteiger partial charge in [0, 0.05) is 18.3 Å². The Kier molecular flexibility index (Phi) is 7.52. The van der Waals surface area contributed by atoms with Crippen molar-refractivity contribution in [3.8, 4) is 0 Å². The molecule has 3 fully saturated rings. The highest BCUT2D eigenvalue weighted by Crippen LogP contribution is 2.68. The van der Waals surface area contributed by atoms with Gasteiger partial charge in [-0.2, -0.15) is 0 Å². The van der Waals surface area contributed by atoms with Gasteiger partial charge in [-0.1, -0.05) is 20.8 Å². The van der Waals surface area contributed by atoms with Crippen LogP contribution in [-0.2, 0) is 14.3 Å². The summed E-state index contributed by atoms with van der Waals surface area (Å²) >= 11 is 0. The molecule has 0 spiro atoms. The van der Waals surface area contributed by atoms with Gasteiger partial charge >= 0.3 is 5.97 Å². The molecule has 4 rings (SSSR count). The van der Waals surface area contributed by atoms with E-state index in [4.69, 9.17) is 4.74 Å². The van der Waals surface area contributed by atoms with Crippen LogP contribution in [0.1, 0.15) is 86.0 Å². The van der Waals surface area contributed by atoms with Crippen LogP contribution in [0.3, 0.4) is 0 Å². The fourth-order valence-corrected chi connectivity index (χ4v) is 8.62. The molecule has 0 aromatic rings. The van der Waals surface area contributed by atoms with E-state index in [-0.39, 0.29) is 48.5 Å². The van der Waals surface area contributed by atoms with Crippen molar-refractivity contribution in [1.29, 1.82) is 0 Å². The third kappa shape index (κ3) is 4.50. The molecule has 210 valence electrons. The molecule has 0 radical (unpaired) electrons. The molecule has 1 unspecified atom stereocenters. The van der Waals surface area contributed by atoms with Crippen molar-refractivity contribution in [2.45, 2.75) is 115 Å². The molecule has 0 saturated heterocycles. The van der Waals surface area contributed by atoms with Crippen LogP contribution in [0.15, 0.2) is 11.6 Å². The molecule has 0 aliphatic heterocycles. The summed E-state index contributed by atoms with van der Waals surface area (Å²) in [7, 11) is 0. The van der Waals surface area contributed by atoms with Crippen LogP contribution in [0, 0.1) is 34.5 Å². The molecule has 8 heteroatoms. The lowest BCUT2D eigenvalue weighted by atomic mass is 9.45. The van der Waals surface area contributed by atoms with Crippen molar-refractivity contribution in [3.63, 3.8) is 0 Å². The summed E-state index contributed by atoms with van der Waals surface area (Å²) in [6.07, 6.45) is 2.45. The molecular weight excluding hydrogens is 476 g/mol. The molecule has 0 aromatic carbocycles. The van der Waals surface area contributed by atoms with E-state index >= 15 is 0 Å². The number of ether oxygens (including phenoxy) is 1. The fraction of sp³-hybridized carbons (Fsp3) is 0.862. The molecule has 0 amide bonds. The summed E-state index contributed by atoms with van der Waals surface area (Å²) in [6, 6.07) is 0. The van der Waals surface area contributed by atoms with E-state index in [2.05, 4.69) is 0 Å². The first kappa shape index (κ1) is 28.7. The van der Waals surface area contributed by atoms with Crippen LogP contribution >= 0.6 is 0 Å². The number of rotatable bonds is 7. The number of carbonyl (C=O) groups excluding carboxylic acids is 2. The highest BCUT2D eigenvalue weighted by atomic mass is 16.5.